The summed E-state index contributed by atoms with van der Waals surface area (Å²) in [5.74, 6) is 0.201. The minimum Gasteiger partial charge on any atom is -0.295 e. The molecular formula is C16H18BrNOS. The summed E-state index contributed by atoms with van der Waals surface area (Å²) in [7, 11) is 1.98. The molecule has 2 aromatic rings. The zero-order chi connectivity index (χ0) is 14.5. The number of carbonyl (C=O) groups is 1. The molecule has 0 aliphatic carbocycles. The third kappa shape index (κ3) is 4.27. The Morgan fingerprint density at radius 3 is 2.75 bits per heavy atom. The highest BCUT2D eigenvalue weighted by atomic mass is 79.9. The van der Waals surface area contributed by atoms with Crippen molar-refractivity contribution in [2.24, 2.45) is 0 Å². The summed E-state index contributed by atoms with van der Waals surface area (Å²) in [5, 5.41) is 0. The summed E-state index contributed by atoms with van der Waals surface area (Å²) >= 11 is 5.07. The summed E-state index contributed by atoms with van der Waals surface area (Å²) in [6, 6.07) is 12.2. The fraction of sp³-hybridized carbons (Fsp3) is 0.312. The first kappa shape index (κ1) is 15.4. The number of carbonyl (C=O) groups excluding carboxylic acids is 1. The first-order valence-corrected chi connectivity index (χ1v) is 8.24. The zero-order valence-corrected chi connectivity index (χ0v) is 14.1. The van der Waals surface area contributed by atoms with E-state index in [1.54, 1.807) is 11.3 Å². The largest absolute Gasteiger partial charge is 0.295 e. The van der Waals surface area contributed by atoms with Crippen LogP contribution in [-0.4, -0.2) is 24.3 Å². The number of nitrogens with zero attached hydrogens (tertiary/aromatic N) is 1. The fourth-order valence-electron chi connectivity index (χ4n) is 2.04. The number of aryl methyl sites for hydroxylation is 1. The van der Waals surface area contributed by atoms with Crippen LogP contribution in [0.15, 0.2) is 40.9 Å². The van der Waals surface area contributed by atoms with Crippen molar-refractivity contribution in [1.82, 2.24) is 4.90 Å². The molecule has 1 aromatic carbocycles. The van der Waals surface area contributed by atoms with E-state index in [4.69, 9.17) is 0 Å². The molecular weight excluding hydrogens is 334 g/mol. The third-order valence-electron chi connectivity index (χ3n) is 3.04. The number of halogens is 1. The molecule has 4 heteroatoms. The minimum absolute atomic E-state index is 0.201. The van der Waals surface area contributed by atoms with Crippen LogP contribution >= 0.6 is 27.3 Å². The monoisotopic (exact) mass is 351 g/mol. The number of rotatable bonds is 6. The van der Waals surface area contributed by atoms with Crippen LogP contribution in [0.3, 0.4) is 0 Å². The Morgan fingerprint density at radius 2 is 2.10 bits per heavy atom. The summed E-state index contributed by atoms with van der Waals surface area (Å²) in [5.41, 5.74) is 1.20. The molecule has 20 heavy (non-hydrogen) atoms. The van der Waals surface area contributed by atoms with Gasteiger partial charge in [-0.15, -0.1) is 11.3 Å². The minimum atomic E-state index is 0.201. The number of likely N-dealkylation sites (N-methyl/N-ethyl adjacent to an activating group) is 1. The van der Waals surface area contributed by atoms with Gasteiger partial charge in [0.2, 0.25) is 0 Å². The van der Waals surface area contributed by atoms with E-state index >= 15 is 0 Å². The molecule has 0 unspecified atom stereocenters. The standard InChI is InChI=1S/C16H18BrNOS/c1-3-14-7-8-16(20-14)15(19)11-18(2)10-12-5-4-6-13(17)9-12/h4-9H,3,10-11H2,1-2H3. The van der Waals surface area contributed by atoms with Crippen LogP contribution < -0.4 is 0 Å². The Labute approximate surface area is 132 Å². The maximum absolute atomic E-state index is 12.2. The second kappa shape index (κ2) is 7.16. The van der Waals surface area contributed by atoms with E-state index in [1.807, 2.05) is 31.3 Å². The normalized spacial score (nSPS) is 11.0. The van der Waals surface area contributed by atoms with Crippen molar-refractivity contribution in [2.75, 3.05) is 13.6 Å². The molecule has 0 amide bonds. The second-order valence-electron chi connectivity index (χ2n) is 4.84. The van der Waals surface area contributed by atoms with Gasteiger partial charge in [0, 0.05) is 15.9 Å². The smallest absolute Gasteiger partial charge is 0.186 e. The molecule has 0 N–H and O–H groups in total. The highest BCUT2D eigenvalue weighted by molar-refractivity contribution is 9.10. The SMILES string of the molecule is CCc1ccc(C(=O)CN(C)Cc2cccc(Br)c2)s1. The van der Waals surface area contributed by atoms with Crippen molar-refractivity contribution < 1.29 is 4.79 Å². The van der Waals surface area contributed by atoms with E-state index in [-0.39, 0.29) is 5.78 Å². The molecule has 0 saturated heterocycles. The Morgan fingerprint density at radius 1 is 1.30 bits per heavy atom. The van der Waals surface area contributed by atoms with Crippen molar-refractivity contribution in [2.45, 2.75) is 19.9 Å². The van der Waals surface area contributed by atoms with Gasteiger partial charge in [-0.05, 0) is 43.3 Å². The number of thiophene rings is 1. The van der Waals surface area contributed by atoms with Gasteiger partial charge in [0.05, 0.1) is 11.4 Å². The lowest BCUT2D eigenvalue weighted by Gasteiger charge is -2.15. The van der Waals surface area contributed by atoms with Crippen molar-refractivity contribution >= 4 is 33.0 Å². The quantitative estimate of drug-likeness (QED) is 0.719. The van der Waals surface area contributed by atoms with E-state index < -0.39 is 0 Å². The number of hydrogen-bond acceptors (Lipinski definition) is 3. The predicted octanol–water partition coefficient (Wildman–Crippen LogP) is 4.39. The Kier molecular flexibility index (Phi) is 5.52. The average Bonchev–Trinajstić information content (AvgIpc) is 2.87. The predicted molar refractivity (Wildman–Crippen MR) is 88.5 cm³/mol. The fourth-order valence-corrected chi connectivity index (χ4v) is 3.37. The molecule has 1 aromatic heterocycles. The molecule has 0 radical (unpaired) electrons. The molecule has 2 rings (SSSR count). The van der Waals surface area contributed by atoms with Crippen LogP contribution in [0.4, 0.5) is 0 Å². The lowest BCUT2D eigenvalue weighted by molar-refractivity contribution is 0.0947. The first-order valence-electron chi connectivity index (χ1n) is 6.63. The van der Waals surface area contributed by atoms with Crippen LogP contribution in [-0.2, 0) is 13.0 Å². The van der Waals surface area contributed by atoms with E-state index in [0.29, 0.717) is 6.54 Å². The van der Waals surface area contributed by atoms with Gasteiger partial charge in [-0.25, -0.2) is 0 Å². The Bertz CT molecular complexity index is 594. The van der Waals surface area contributed by atoms with Crippen LogP contribution in [0.1, 0.15) is 27.0 Å². The van der Waals surface area contributed by atoms with Gasteiger partial charge in [-0.2, -0.15) is 0 Å². The van der Waals surface area contributed by atoms with Gasteiger partial charge in [0.15, 0.2) is 5.78 Å². The average molecular weight is 352 g/mol. The zero-order valence-electron chi connectivity index (χ0n) is 11.7. The van der Waals surface area contributed by atoms with Crippen molar-refractivity contribution in [1.29, 1.82) is 0 Å². The number of ketones is 1. The van der Waals surface area contributed by atoms with Crippen molar-refractivity contribution in [3.05, 3.63) is 56.2 Å². The third-order valence-corrected chi connectivity index (χ3v) is 4.80. The molecule has 0 spiro atoms. The maximum Gasteiger partial charge on any atom is 0.186 e. The number of Topliss-reactive ketones (excluding diaryl/α,β-unsaturated/α-hetero) is 1. The molecule has 1 heterocycles. The van der Waals surface area contributed by atoms with Crippen LogP contribution in [0.2, 0.25) is 0 Å². The van der Waals surface area contributed by atoms with Gasteiger partial charge in [-0.3, -0.25) is 9.69 Å². The highest BCUT2D eigenvalue weighted by Gasteiger charge is 2.12. The maximum atomic E-state index is 12.2. The van der Waals surface area contributed by atoms with Gasteiger partial charge < -0.3 is 0 Å². The molecule has 106 valence electrons. The highest BCUT2D eigenvalue weighted by Crippen LogP contribution is 2.18. The molecule has 0 aliphatic heterocycles. The van der Waals surface area contributed by atoms with Crippen molar-refractivity contribution in [3.63, 3.8) is 0 Å². The van der Waals surface area contributed by atoms with E-state index in [0.717, 1.165) is 22.3 Å². The summed E-state index contributed by atoms with van der Waals surface area (Å²) < 4.78 is 1.07. The Balaban J connectivity index is 1.94. The van der Waals surface area contributed by atoms with Gasteiger partial charge in [-0.1, -0.05) is 35.0 Å². The molecule has 0 aliphatic rings. The van der Waals surface area contributed by atoms with Crippen LogP contribution in [0.5, 0.6) is 0 Å². The van der Waals surface area contributed by atoms with E-state index in [9.17, 15) is 4.79 Å². The molecule has 0 saturated carbocycles. The first-order chi connectivity index (χ1) is 9.58. The van der Waals surface area contributed by atoms with Gasteiger partial charge >= 0.3 is 0 Å². The van der Waals surface area contributed by atoms with Gasteiger partial charge in [0.25, 0.3) is 0 Å². The number of hydrogen-bond donors (Lipinski definition) is 0. The molecule has 0 fully saturated rings. The molecule has 0 atom stereocenters. The van der Waals surface area contributed by atoms with Crippen LogP contribution in [0.25, 0.3) is 0 Å². The van der Waals surface area contributed by atoms with E-state index in [2.05, 4.69) is 39.9 Å². The topological polar surface area (TPSA) is 20.3 Å². The van der Waals surface area contributed by atoms with Crippen LogP contribution in [0, 0.1) is 0 Å². The summed E-state index contributed by atoms with van der Waals surface area (Å²) in [6.45, 7) is 3.34. The summed E-state index contributed by atoms with van der Waals surface area (Å²) in [4.78, 5) is 16.4. The number of benzene rings is 1. The molecule has 0 bridgehead atoms. The lowest BCUT2D eigenvalue weighted by Crippen LogP contribution is -2.25. The second-order valence-corrected chi connectivity index (χ2v) is 6.93. The summed E-state index contributed by atoms with van der Waals surface area (Å²) in [6.07, 6.45) is 0.992. The van der Waals surface area contributed by atoms with Gasteiger partial charge in [0.1, 0.15) is 0 Å². The van der Waals surface area contributed by atoms with E-state index in [1.165, 1.54) is 10.4 Å². The lowest BCUT2D eigenvalue weighted by atomic mass is 10.2. The Hall–Kier alpha value is -0.970. The molecule has 2 nitrogen and oxygen atoms in total. The van der Waals surface area contributed by atoms with Crippen molar-refractivity contribution in [3.8, 4) is 0 Å².